The van der Waals surface area contributed by atoms with Crippen LogP contribution < -0.4 is 10.1 Å². The SMILES string of the molecule is CCOC(=O)c1cccc(OCC(=O)Nc2ccccc2C(C)=O)c1. The minimum Gasteiger partial charge on any atom is -0.484 e. The molecule has 2 aromatic carbocycles. The largest absolute Gasteiger partial charge is 0.484 e. The number of esters is 1. The average molecular weight is 341 g/mol. The van der Waals surface area contributed by atoms with Gasteiger partial charge in [-0.3, -0.25) is 9.59 Å². The lowest BCUT2D eigenvalue weighted by atomic mass is 10.1. The number of hydrogen-bond acceptors (Lipinski definition) is 5. The van der Waals surface area contributed by atoms with E-state index in [4.69, 9.17) is 9.47 Å². The van der Waals surface area contributed by atoms with Gasteiger partial charge in [-0.2, -0.15) is 0 Å². The van der Waals surface area contributed by atoms with Crippen molar-refractivity contribution in [1.29, 1.82) is 0 Å². The van der Waals surface area contributed by atoms with Crippen LogP contribution in [0.4, 0.5) is 5.69 Å². The predicted molar refractivity (Wildman–Crippen MR) is 93.0 cm³/mol. The van der Waals surface area contributed by atoms with Gasteiger partial charge in [0.25, 0.3) is 5.91 Å². The minimum atomic E-state index is -0.451. The predicted octanol–water partition coefficient (Wildman–Crippen LogP) is 3.08. The second-order valence-electron chi connectivity index (χ2n) is 5.19. The fourth-order valence-electron chi connectivity index (χ4n) is 2.16. The topological polar surface area (TPSA) is 81.7 Å². The van der Waals surface area contributed by atoms with E-state index in [2.05, 4.69) is 5.32 Å². The Morgan fingerprint density at radius 1 is 1.04 bits per heavy atom. The van der Waals surface area contributed by atoms with Gasteiger partial charge < -0.3 is 14.8 Å². The Labute approximate surface area is 145 Å². The lowest BCUT2D eigenvalue weighted by Gasteiger charge is -2.10. The summed E-state index contributed by atoms with van der Waals surface area (Å²) < 4.78 is 10.3. The molecule has 0 heterocycles. The maximum Gasteiger partial charge on any atom is 0.338 e. The zero-order valence-electron chi connectivity index (χ0n) is 14.1. The lowest BCUT2D eigenvalue weighted by molar-refractivity contribution is -0.118. The summed E-state index contributed by atoms with van der Waals surface area (Å²) in [5.41, 5.74) is 1.21. The van der Waals surface area contributed by atoms with Crippen LogP contribution in [0.15, 0.2) is 48.5 Å². The van der Waals surface area contributed by atoms with E-state index in [0.29, 0.717) is 22.6 Å². The van der Waals surface area contributed by atoms with Gasteiger partial charge in [-0.15, -0.1) is 0 Å². The molecule has 0 saturated carbocycles. The summed E-state index contributed by atoms with van der Waals surface area (Å²) in [6.45, 7) is 3.18. The Morgan fingerprint density at radius 2 is 1.80 bits per heavy atom. The molecule has 6 nitrogen and oxygen atoms in total. The number of ether oxygens (including phenoxy) is 2. The summed E-state index contributed by atoms with van der Waals surface area (Å²) in [6.07, 6.45) is 0. The first-order chi connectivity index (χ1) is 12.0. The molecule has 1 N–H and O–H groups in total. The first-order valence-electron chi connectivity index (χ1n) is 7.81. The summed E-state index contributed by atoms with van der Waals surface area (Å²) in [7, 11) is 0. The molecule has 0 aromatic heterocycles. The molecule has 1 amide bonds. The molecular weight excluding hydrogens is 322 g/mol. The van der Waals surface area contributed by atoms with Gasteiger partial charge in [-0.25, -0.2) is 4.79 Å². The first kappa shape index (κ1) is 18.2. The molecule has 6 heteroatoms. The third-order valence-corrected chi connectivity index (χ3v) is 3.30. The van der Waals surface area contributed by atoms with E-state index in [0.717, 1.165) is 0 Å². The summed E-state index contributed by atoms with van der Waals surface area (Å²) in [6, 6.07) is 13.1. The number of carbonyl (C=O) groups is 3. The van der Waals surface area contributed by atoms with Gasteiger partial charge in [0.15, 0.2) is 12.4 Å². The van der Waals surface area contributed by atoms with Crippen molar-refractivity contribution in [2.45, 2.75) is 13.8 Å². The van der Waals surface area contributed by atoms with Crippen LogP contribution in [0.3, 0.4) is 0 Å². The summed E-state index contributed by atoms with van der Waals surface area (Å²) in [5, 5.41) is 2.64. The number of para-hydroxylation sites is 1. The third-order valence-electron chi connectivity index (χ3n) is 3.30. The highest BCUT2D eigenvalue weighted by atomic mass is 16.5. The van der Waals surface area contributed by atoms with Crippen molar-refractivity contribution in [3.63, 3.8) is 0 Å². The van der Waals surface area contributed by atoms with Gasteiger partial charge in [0, 0.05) is 5.56 Å². The van der Waals surface area contributed by atoms with E-state index in [1.54, 1.807) is 49.4 Å². The van der Waals surface area contributed by atoms with E-state index >= 15 is 0 Å². The van der Waals surface area contributed by atoms with Crippen molar-refractivity contribution >= 4 is 23.3 Å². The number of Topliss-reactive ketones (excluding diaryl/α,β-unsaturated/α-hetero) is 1. The molecule has 0 fully saturated rings. The van der Waals surface area contributed by atoms with E-state index in [9.17, 15) is 14.4 Å². The Morgan fingerprint density at radius 3 is 2.52 bits per heavy atom. The number of carbonyl (C=O) groups excluding carboxylic acids is 3. The molecule has 130 valence electrons. The van der Waals surface area contributed by atoms with E-state index in [1.807, 2.05) is 0 Å². The number of rotatable bonds is 7. The van der Waals surface area contributed by atoms with E-state index in [1.165, 1.54) is 13.0 Å². The van der Waals surface area contributed by atoms with Gasteiger partial charge in [0.2, 0.25) is 0 Å². The molecule has 2 rings (SSSR count). The fourth-order valence-corrected chi connectivity index (χ4v) is 2.16. The van der Waals surface area contributed by atoms with E-state index in [-0.39, 0.29) is 19.0 Å². The Balaban J connectivity index is 1.98. The van der Waals surface area contributed by atoms with Crippen LogP contribution in [0.5, 0.6) is 5.75 Å². The molecule has 0 aliphatic carbocycles. The standard InChI is InChI=1S/C19H19NO5/c1-3-24-19(23)14-7-6-8-15(11-14)25-12-18(22)20-17-10-5-4-9-16(17)13(2)21/h4-11H,3,12H2,1-2H3,(H,20,22). The van der Waals surface area contributed by atoms with Crippen molar-refractivity contribution in [2.75, 3.05) is 18.5 Å². The number of ketones is 1. The molecule has 0 spiro atoms. The van der Waals surface area contributed by atoms with Gasteiger partial charge in [0.05, 0.1) is 17.9 Å². The highest BCUT2D eigenvalue weighted by Gasteiger charge is 2.11. The molecule has 2 aromatic rings. The highest BCUT2D eigenvalue weighted by Crippen LogP contribution is 2.17. The van der Waals surface area contributed by atoms with E-state index < -0.39 is 11.9 Å². The number of amides is 1. The molecule has 0 atom stereocenters. The minimum absolute atomic E-state index is 0.140. The van der Waals surface area contributed by atoms with Crippen LogP contribution in [0.25, 0.3) is 0 Å². The lowest BCUT2D eigenvalue weighted by Crippen LogP contribution is -2.21. The quantitative estimate of drug-likeness (QED) is 0.618. The van der Waals surface area contributed by atoms with Gasteiger partial charge >= 0.3 is 5.97 Å². The maximum absolute atomic E-state index is 12.0. The third kappa shape index (κ3) is 5.17. The molecule has 0 aliphatic heterocycles. The van der Waals surface area contributed by atoms with Crippen LogP contribution in [-0.4, -0.2) is 30.9 Å². The molecule has 0 radical (unpaired) electrons. The fraction of sp³-hybridized carbons (Fsp3) is 0.211. The number of nitrogens with one attached hydrogen (secondary N) is 1. The highest BCUT2D eigenvalue weighted by molar-refractivity contribution is 6.03. The zero-order chi connectivity index (χ0) is 18.2. The maximum atomic E-state index is 12.0. The second-order valence-corrected chi connectivity index (χ2v) is 5.19. The molecule has 0 unspecified atom stereocenters. The zero-order valence-corrected chi connectivity index (χ0v) is 14.1. The van der Waals surface area contributed by atoms with Gasteiger partial charge in [-0.05, 0) is 44.2 Å². The van der Waals surface area contributed by atoms with Gasteiger partial charge in [-0.1, -0.05) is 18.2 Å². The summed E-state index contributed by atoms with van der Waals surface area (Å²) in [5.74, 6) is -0.623. The average Bonchev–Trinajstić information content (AvgIpc) is 2.61. The smallest absolute Gasteiger partial charge is 0.338 e. The van der Waals surface area contributed by atoms with Crippen LogP contribution in [0.1, 0.15) is 34.6 Å². The molecular formula is C19H19NO5. The normalized spacial score (nSPS) is 10.0. The Kier molecular flexibility index (Phi) is 6.28. The summed E-state index contributed by atoms with van der Waals surface area (Å²) >= 11 is 0. The molecule has 0 bridgehead atoms. The van der Waals surface area contributed by atoms with Crippen LogP contribution in [-0.2, 0) is 9.53 Å². The van der Waals surface area contributed by atoms with Crippen LogP contribution >= 0.6 is 0 Å². The number of anilines is 1. The first-order valence-corrected chi connectivity index (χ1v) is 7.81. The number of hydrogen-bond donors (Lipinski definition) is 1. The Bertz CT molecular complexity index is 785. The second kappa shape index (κ2) is 8.63. The van der Waals surface area contributed by atoms with Crippen molar-refractivity contribution in [3.05, 3.63) is 59.7 Å². The van der Waals surface area contributed by atoms with Gasteiger partial charge in [0.1, 0.15) is 5.75 Å². The molecule has 25 heavy (non-hydrogen) atoms. The van der Waals surface area contributed by atoms with Crippen LogP contribution in [0.2, 0.25) is 0 Å². The van der Waals surface area contributed by atoms with Crippen molar-refractivity contribution in [3.8, 4) is 5.75 Å². The monoisotopic (exact) mass is 341 g/mol. The van der Waals surface area contributed by atoms with Crippen molar-refractivity contribution in [1.82, 2.24) is 0 Å². The molecule has 0 aliphatic rings. The van der Waals surface area contributed by atoms with Crippen molar-refractivity contribution < 1.29 is 23.9 Å². The Hall–Kier alpha value is -3.15. The van der Waals surface area contributed by atoms with Crippen molar-refractivity contribution in [2.24, 2.45) is 0 Å². The summed E-state index contributed by atoms with van der Waals surface area (Å²) in [4.78, 5) is 35.3. The molecule has 0 saturated heterocycles. The number of benzene rings is 2. The van der Waals surface area contributed by atoms with Crippen LogP contribution in [0, 0.1) is 0 Å².